The van der Waals surface area contributed by atoms with Crippen molar-refractivity contribution >= 4 is 16.5 Å². The van der Waals surface area contributed by atoms with Crippen LogP contribution < -0.4 is 4.18 Å². The van der Waals surface area contributed by atoms with E-state index in [-0.39, 0.29) is 17.9 Å². The topological polar surface area (TPSA) is 104 Å². The third-order valence-electron chi connectivity index (χ3n) is 1.63. The number of hydrogen-bond acceptors (Lipinski definition) is 5. The van der Waals surface area contributed by atoms with Crippen LogP contribution in [-0.2, 0) is 10.4 Å². The molecule has 1 rings (SSSR count). The lowest BCUT2D eigenvalue weighted by Crippen LogP contribution is -2.06. The van der Waals surface area contributed by atoms with E-state index in [1.165, 1.54) is 30.4 Å². The number of aliphatic hydroxyl groups is 1. The van der Waals surface area contributed by atoms with Gasteiger partial charge in [0.15, 0.2) is 11.5 Å². The number of para-hydroxylation sites is 1. The Morgan fingerprint density at radius 1 is 1.38 bits per heavy atom. The zero-order valence-electron chi connectivity index (χ0n) is 8.07. The van der Waals surface area contributed by atoms with Gasteiger partial charge in [0.05, 0.1) is 6.61 Å². The highest BCUT2D eigenvalue weighted by atomic mass is 32.3. The number of hydrogen-bond donors (Lipinski definition) is 3. The highest BCUT2D eigenvalue weighted by Crippen LogP contribution is 2.31. The Hall–Kier alpha value is -1.57. The van der Waals surface area contributed by atoms with Crippen molar-refractivity contribution in [2.45, 2.75) is 0 Å². The zero-order valence-corrected chi connectivity index (χ0v) is 8.88. The van der Waals surface area contributed by atoms with Crippen molar-refractivity contribution in [3.8, 4) is 11.5 Å². The molecule has 0 aromatic heterocycles. The molecule has 1 aromatic carbocycles. The van der Waals surface area contributed by atoms with Gasteiger partial charge in [-0.15, -0.1) is 0 Å². The van der Waals surface area contributed by atoms with Crippen LogP contribution in [0.4, 0.5) is 0 Å². The maximum Gasteiger partial charge on any atom is 0.446 e. The molecule has 0 bridgehead atoms. The lowest BCUT2D eigenvalue weighted by molar-refractivity contribution is 0.343. The summed E-state index contributed by atoms with van der Waals surface area (Å²) in [7, 11) is -4.67. The Balaban J connectivity index is 3.09. The lowest BCUT2D eigenvalue weighted by atomic mass is 10.2. The first kappa shape index (κ1) is 12.5. The van der Waals surface area contributed by atoms with Gasteiger partial charge < -0.3 is 14.4 Å². The maximum atomic E-state index is 10.4. The van der Waals surface area contributed by atoms with E-state index in [9.17, 15) is 13.5 Å². The molecule has 0 heterocycles. The van der Waals surface area contributed by atoms with E-state index in [2.05, 4.69) is 4.18 Å². The number of rotatable bonds is 4. The van der Waals surface area contributed by atoms with E-state index < -0.39 is 16.1 Å². The van der Waals surface area contributed by atoms with Crippen molar-refractivity contribution in [3.05, 3.63) is 29.8 Å². The Bertz CT molecular complexity index is 491. The average molecular weight is 246 g/mol. The maximum absolute atomic E-state index is 10.4. The molecule has 0 saturated heterocycles. The summed E-state index contributed by atoms with van der Waals surface area (Å²) < 4.78 is 33.5. The van der Waals surface area contributed by atoms with Crippen molar-refractivity contribution in [3.63, 3.8) is 0 Å². The third-order valence-corrected chi connectivity index (χ3v) is 2.02. The lowest BCUT2D eigenvalue weighted by Gasteiger charge is -2.05. The van der Waals surface area contributed by atoms with Crippen molar-refractivity contribution in [1.29, 1.82) is 0 Å². The molecule has 3 N–H and O–H groups in total. The molecule has 0 fully saturated rings. The van der Waals surface area contributed by atoms with E-state index in [0.29, 0.717) is 0 Å². The Labute approximate surface area is 92.4 Å². The summed E-state index contributed by atoms with van der Waals surface area (Å²) in [5.41, 5.74) is 0.259. The number of phenols is 1. The molecule has 88 valence electrons. The number of aromatic hydroxyl groups is 1. The Morgan fingerprint density at radius 3 is 2.62 bits per heavy atom. The van der Waals surface area contributed by atoms with Crippen molar-refractivity contribution in [2.24, 2.45) is 0 Å². The van der Waals surface area contributed by atoms with Gasteiger partial charge in [-0.05, 0) is 6.07 Å². The Morgan fingerprint density at radius 2 is 2.06 bits per heavy atom. The van der Waals surface area contributed by atoms with Gasteiger partial charge in [0.25, 0.3) is 0 Å². The number of phenolic OH excluding ortho intramolecular Hbond substituents is 1. The van der Waals surface area contributed by atoms with Crippen molar-refractivity contribution in [2.75, 3.05) is 6.61 Å². The molecule has 1 aromatic rings. The molecule has 16 heavy (non-hydrogen) atoms. The first-order valence-electron chi connectivity index (χ1n) is 4.20. The second-order valence-corrected chi connectivity index (χ2v) is 3.81. The van der Waals surface area contributed by atoms with Gasteiger partial charge >= 0.3 is 10.4 Å². The van der Waals surface area contributed by atoms with Crippen molar-refractivity contribution < 1.29 is 27.4 Å². The smallest absolute Gasteiger partial charge is 0.446 e. The average Bonchev–Trinajstić information content (AvgIpc) is 2.17. The second kappa shape index (κ2) is 4.97. The standard InChI is InChI=1S/C9H10O6S/c10-6-2-4-7-3-1-5-8(9(7)11)15-16(12,13)14/h1-5,10-11H,6H2,(H,12,13,14)/b4-2+. The van der Waals surface area contributed by atoms with E-state index in [1.807, 2.05) is 0 Å². The minimum Gasteiger partial charge on any atom is -0.504 e. The zero-order chi connectivity index (χ0) is 12.2. The Kier molecular flexibility index (Phi) is 3.88. The van der Waals surface area contributed by atoms with Crippen LogP contribution in [0.2, 0.25) is 0 Å². The molecule has 0 unspecified atom stereocenters. The predicted molar refractivity (Wildman–Crippen MR) is 56.4 cm³/mol. The van der Waals surface area contributed by atoms with Gasteiger partial charge in [0.2, 0.25) is 0 Å². The first-order chi connectivity index (χ1) is 7.44. The molecule has 0 aliphatic rings. The SMILES string of the molecule is O=S(=O)(O)Oc1cccc(/C=C/CO)c1O. The van der Waals surface area contributed by atoms with Crippen LogP contribution in [-0.4, -0.2) is 29.8 Å². The van der Waals surface area contributed by atoms with Crippen LogP contribution in [0.25, 0.3) is 6.08 Å². The summed E-state index contributed by atoms with van der Waals surface area (Å²) in [5, 5.41) is 18.1. The minimum atomic E-state index is -4.67. The summed E-state index contributed by atoms with van der Waals surface area (Å²) in [5.74, 6) is -0.826. The summed E-state index contributed by atoms with van der Waals surface area (Å²) in [6.07, 6.45) is 2.73. The summed E-state index contributed by atoms with van der Waals surface area (Å²) in [6, 6.07) is 4.09. The van der Waals surface area contributed by atoms with Gasteiger partial charge in [-0.3, -0.25) is 4.55 Å². The van der Waals surface area contributed by atoms with Crippen LogP contribution in [0.1, 0.15) is 5.56 Å². The number of benzene rings is 1. The van der Waals surface area contributed by atoms with Crippen molar-refractivity contribution in [1.82, 2.24) is 0 Å². The summed E-state index contributed by atoms with van der Waals surface area (Å²) in [6.45, 7) is -0.219. The third kappa shape index (κ3) is 3.54. The quantitative estimate of drug-likeness (QED) is 0.671. The normalized spacial score (nSPS) is 11.9. The molecule has 0 radical (unpaired) electrons. The van der Waals surface area contributed by atoms with Crippen LogP contribution in [0.5, 0.6) is 11.5 Å². The van der Waals surface area contributed by atoms with E-state index >= 15 is 0 Å². The van der Waals surface area contributed by atoms with E-state index in [1.54, 1.807) is 0 Å². The van der Waals surface area contributed by atoms with Gasteiger partial charge in [-0.1, -0.05) is 24.3 Å². The molecule has 7 heteroatoms. The van der Waals surface area contributed by atoms with Crippen LogP contribution >= 0.6 is 0 Å². The van der Waals surface area contributed by atoms with E-state index in [4.69, 9.17) is 9.66 Å². The minimum absolute atomic E-state index is 0.219. The molecular weight excluding hydrogens is 236 g/mol. The molecule has 0 atom stereocenters. The molecule has 0 aliphatic heterocycles. The monoisotopic (exact) mass is 246 g/mol. The summed E-state index contributed by atoms with van der Waals surface area (Å²) in [4.78, 5) is 0. The molecule has 0 saturated carbocycles. The molecule has 0 aliphatic carbocycles. The number of aliphatic hydroxyl groups excluding tert-OH is 1. The fourth-order valence-corrected chi connectivity index (χ4v) is 1.40. The van der Waals surface area contributed by atoms with Gasteiger partial charge in [-0.2, -0.15) is 8.42 Å². The van der Waals surface area contributed by atoms with E-state index in [0.717, 1.165) is 0 Å². The first-order valence-corrected chi connectivity index (χ1v) is 5.57. The largest absolute Gasteiger partial charge is 0.504 e. The second-order valence-electron chi connectivity index (χ2n) is 2.79. The van der Waals surface area contributed by atoms with Crippen LogP contribution in [0, 0.1) is 0 Å². The molecule has 0 spiro atoms. The predicted octanol–water partition coefficient (Wildman–Crippen LogP) is 0.579. The molecular formula is C9H10O6S. The van der Waals surface area contributed by atoms with Crippen LogP contribution in [0.3, 0.4) is 0 Å². The molecule has 0 amide bonds. The highest BCUT2D eigenvalue weighted by molar-refractivity contribution is 7.81. The molecule has 6 nitrogen and oxygen atoms in total. The van der Waals surface area contributed by atoms with Gasteiger partial charge in [0.1, 0.15) is 0 Å². The van der Waals surface area contributed by atoms with Gasteiger partial charge in [0, 0.05) is 5.56 Å². The fraction of sp³-hybridized carbons (Fsp3) is 0.111. The van der Waals surface area contributed by atoms with Gasteiger partial charge in [-0.25, -0.2) is 0 Å². The highest BCUT2D eigenvalue weighted by Gasteiger charge is 2.12. The fourth-order valence-electron chi connectivity index (χ4n) is 1.03. The summed E-state index contributed by atoms with van der Waals surface area (Å²) >= 11 is 0. The van der Waals surface area contributed by atoms with Crippen LogP contribution in [0.15, 0.2) is 24.3 Å².